The van der Waals surface area contributed by atoms with Crippen LogP contribution < -0.4 is 0 Å². The maximum Gasteiger partial charge on any atom is 0.303 e. The van der Waals surface area contributed by atoms with Crippen LogP contribution in [0.4, 0.5) is 0 Å². The lowest BCUT2D eigenvalue weighted by molar-refractivity contribution is -0.212. The zero-order valence-electron chi connectivity index (χ0n) is 20.8. The van der Waals surface area contributed by atoms with E-state index in [0.29, 0.717) is 18.3 Å². The van der Waals surface area contributed by atoms with Crippen LogP contribution in [0, 0.1) is 17.3 Å². The van der Waals surface area contributed by atoms with Crippen LogP contribution in [0.15, 0.2) is 12.2 Å². The number of hydrogen-bond donors (Lipinski definition) is 2. The SMILES string of the molecule is CCCCC(C)(C)[C@@H](CC[C@H]1CC[C@H](O)[C@@H]1C/C=C\CCCC(=O)O)OC1CCCCO1. The zero-order valence-corrected chi connectivity index (χ0v) is 20.8. The molecule has 2 aliphatic rings. The van der Waals surface area contributed by atoms with Crippen LogP contribution in [-0.4, -0.2) is 41.3 Å². The third kappa shape index (κ3) is 9.52. The number of aliphatic hydroxyl groups is 1. The predicted octanol–water partition coefficient (Wildman–Crippen LogP) is 6.48. The zero-order chi connectivity index (χ0) is 23.4. The second kappa shape index (κ2) is 14.4. The summed E-state index contributed by atoms with van der Waals surface area (Å²) in [5.74, 6) is 0.0898. The Morgan fingerprint density at radius 2 is 2.00 bits per heavy atom. The van der Waals surface area contributed by atoms with E-state index in [-0.39, 0.29) is 30.3 Å². The highest BCUT2D eigenvalue weighted by Gasteiger charge is 2.37. The number of hydrogen-bond acceptors (Lipinski definition) is 4. The summed E-state index contributed by atoms with van der Waals surface area (Å²) in [6.07, 6.45) is 17.7. The maximum absolute atomic E-state index is 10.6. The van der Waals surface area contributed by atoms with Gasteiger partial charge in [-0.25, -0.2) is 0 Å². The predicted molar refractivity (Wildman–Crippen MR) is 128 cm³/mol. The minimum Gasteiger partial charge on any atom is -0.481 e. The molecule has 32 heavy (non-hydrogen) atoms. The Labute approximate surface area is 196 Å². The molecule has 0 bridgehead atoms. The molecule has 0 amide bonds. The first-order valence-electron chi connectivity index (χ1n) is 13.2. The van der Waals surface area contributed by atoms with E-state index in [4.69, 9.17) is 14.6 Å². The average Bonchev–Trinajstić information content (AvgIpc) is 3.12. The van der Waals surface area contributed by atoms with Gasteiger partial charge in [-0.05, 0) is 87.9 Å². The molecule has 5 heteroatoms. The molecule has 1 heterocycles. The number of carboxylic acid groups (broad SMARTS) is 1. The first-order valence-corrected chi connectivity index (χ1v) is 13.2. The van der Waals surface area contributed by atoms with E-state index in [1.165, 1.54) is 19.3 Å². The number of aliphatic carboxylic acids is 1. The van der Waals surface area contributed by atoms with Crippen LogP contribution in [-0.2, 0) is 14.3 Å². The standard InChI is InChI=1S/C27H48O5/c1-4-5-19-27(2,3)24(32-26-14-10-11-20-31-26)18-16-21-15-17-23(28)22(21)12-8-6-7-9-13-25(29)30/h6,8,21-24,26,28H,4-5,7,9-20H2,1-3H3,(H,29,30)/b8-6-/t21-,22-,23+,24-,26?/m1/s1. The van der Waals surface area contributed by atoms with Gasteiger partial charge in [-0.3, -0.25) is 4.79 Å². The van der Waals surface area contributed by atoms with Gasteiger partial charge < -0.3 is 19.7 Å². The van der Waals surface area contributed by atoms with Crippen molar-refractivity contribution in [2.45, 2.75) is 129 Å². The quantitative estimate of drug-likeness (QED) is 0.220. The molecule has 5 atom stereocenters. The third-order valence-electron chi connectivity index (χ3n) is 7.57. The number of rotatable bonds is 15. The molecule has 2 N–H and O–H groups in total. The number of carboxylic acids is 1. The van der Waals surface area contributed by atoms with E-state index in [1.54, 1.807) is 0 Å². The molecule has 0 aromatic heterocycles. The second-order valence-corrected chi connectivity index (χ2v) is 10.7. The molecule has 2 rings (SSSR count). The Balaban J connectivity index is 1.90. The summed E-state index contributed by atoms with van der Waals surface area (Å²) in [5.41, 5.74) is 0.119. The van der Waals surface area contributed by atoms with E-state index >= 15 is 0 Å². The van der Waals surface area contributed by atoms with Gasteiger partial charge in [-0.1, -0.05) is 45.8 Å². The fourth-order valence-corrected chi connectivity index (χ4v) is 5.38. The largest absolute Gasteiger partial charge is 0.481 e. The van der Waals surface area contributed by atoms with Crippen molar-refractivity contribution in [3.8, 4) is 0 Å². The van der Waals surface area contributed by atoms with Crippen LogP contribution in [0.2, 0.25) is 0 Å². The molecule has 186 valence electrons. The van der Waals surface area contributed by atoms with Crippen molar-refractivity contribution >= 4 is 5.97 Å². The van der Waals surface area contributed by atoms with Crippen molar-refractivity contribution in [3.05, 3.63) is 12.2 Å². The van der Waals surface area contributed by atoms with Gasteiger partial charge in [-0.2, -0.15) is 0 Å². The van der Waals surface area contributed by atoms with Gasteiger partial charge in [-0.15, -0.1) is 0 Å². The Bertz CT molecular complexity index is 552. The number of carbonyl (C=O) groups is 1. The van der Waals surface area contributed by atoms with E-state index in [0.717, 1.165) is 64.4 Å². The van der Waals surface area contributed by atoms with Crippen LogP contribution in [0.3, 0.4) is 0 Å². The van der Waals surface area contributed by atoms with Crippen molar-refractivity contribution in [2.24, 2.45) is 17.3 Å². The number of unbranched alkanes of at least 4 members (excludes halogenated alkanes) is 2. The topological polar surface area (TPSA) is 76.0 Å². The third-order valence-corrected chi connectivity index (χ3v) is 7.57. The van der Waals surface area contributed by atoms with Gasteiger partial charge in [0.2, 0.25) is 0 Å². The minimum absolute atomic E-state index is 0.0617. The average molecular weight is 453 g/mol. The molecule has 1 aliphatic heterocycles. The van der Waals surface area contributed by atoms with Gasteiger partial charge >= 0.3 is 5.97 Å². The van der Waals surface area contributed by atoms with Crippen molar-refractivity contribution in [3.63, 3.8) is 0 Å². The molecular formula is C27H48O5. The van der Waals surface area contributed by atoms with Crippen LogP contribution in [0.25, 0.3) is 0 Å². The highest BCUT2D eigenvalue weighted by Crippen LogP contribution is 2.41. The Morgan fingerprint density at radius 1 is 1.19 bits per heavy atom. The van der Waals surface area contributed by atoms with Crippen molar-refractivity contribution in [2.75, 3.05) is 6.61 Å². The van der Waals surface area contributed by atoms with Crippen LogP contribution in [0.1, 0.15) is 111 Å². The molecule has 0 radical (unpaired) electrons. The van der Waals surface area contributed by atoms with Gasteiger partial charge in [0.1, 0.15) is 0 Å². The Hall–Kier alpha value is -0.910. The summed E-state index contributed by atoms with van der Waals surface area (Å²) in [5, 5.41) is 19.3. The lowest BCUT2D eigenvalue weighted by Gasteiger charge is -2.38. The smallest absolute Gasteiger partial charge is 0.303 e. The minimum atomic E-state index is -0.734. The van der Waals surface area contributed by atoms with Crippen molar-refractivity contribution in [1.29, 1.82) is 0 Å². The summed E-state index contributed by atoms with van der Waals surface area (Å²) in [6.45, 7) is 7.74. The number of aliphatic hydroxyl groups excluding tert-OH is 1. The molecule has 1 saturated heterocycles. The van der Waals surface area contributed by atoms with Crippen LogP contribution in [0.5, 0.6) is 0 Å². The molecule has 1 aliphatic carbocycles. The molecular weight excluding hydrogens is 404 g/mol. The van der Waals surface area contributed by atoms with Gasteiger partial charge in [0.15, 0.2) is 6.29 Å². The van der Waals surface area contributed by atoms with Gasteiger partial charge in [0.05, 0.1) is 12.2 Å². The lowest BCUT2D eigenvalue weighted by atomic mass is 9.77. The highest BCUT2D eigenvalue weighted by atomic mass is 16.7. The first kappa shape index (κ1) is 27.3. The summed E-state index contributed by atoms with van der Waals surface area (Å²) < 4.78 is 12.5. The van der Waals surface area contributed by atoms with E-state index in [2.05, 4.69) is 32.9 Å². The molecule has 5 nitrogen and oxygen atoms in total. The summed E-state index contributed by atoms with van der Waals surface area (Å²) in [4.78, 5) is 10.6. The fourth-order valence-electron chi connectivity index (χ4n) is 5.38. The van der Waals surface area contributed by atoms with Gasteiger partial charge in [0.25, 0.3) is 0 Å². The molecule has 1 saturated carbocycles. The van der Waals surface area contributed by atoms with Gasteiger partial charge in [0, 0.05) is 13.0 Å². The van der Waals surface area contributed by atoms with E-state index < -0.39 is 5.97 Å². The van der Waals surface area contributed by atoms with Crippen molar-refractivity contribution < 1.29 is 24.5 Å². The maximum atomic E-state index is 10.6. The monoisotopic (exact) mass is 452 g/mol. The highest BCUT2D eigenvalue weighted by molar-refractivity contribution is 5.66. The lowest BCUT2D eigenvalue weighted by Crippen LogP contribution is -2.38. The first-order chi connectivity index (χ1) is 15.3. The Kier molecular flexibility index (Phi) is 12.3. The molecule has 2 fully saturated rings. The van der Waals surface area contributed by atoms with Crippen molar-refractivity contribution in [1.82, 2.24) is 0 Å². The second-order valence-electron chi connectivity index (χ2n) is 10.7. The number of allylic oxidation sites excluding steroid dienone is 2. The van der Waals surface area contributed by atoms with E-state index in [1.807, 2.05) is 0 Å². The summed E-state index contributed by atoms with van der Waals surface area (Å²) in [6, 6.07) is 0. The molecule has 0 spiro atoms. The number of ether oxygens (including phenoxy) is 2. The molecule has 0 aromatic rings. The Morgan fingerprint density at radius 3 is 2.69 bits per heavy atom. The van der Waals surface area contributed by atoms with E-state index in [9.17, 15) is 9.90 Å². The summed E-state index contributed by atoms with van der Waals surface area (Å²) in [7, 11) is 0. The normalized spacial score (nSPS) is 27.8. The van der Waals surface area contributed by atoms with Crippen LogP contribution >= 0.6 is 0 Å². The molecule has 0 aromatic carbocycles. The summed E-state index contributed by atoms with van der Waals surface area (Å²) >= 11 is 0. The fraction of sp³-hybridized carbons (Fsp3) is 0.889. The molecule has 1 unspecified atom stereocenters.